The fourth-order valence-corrected chi connectivity index (χ4v) is 6.20. The molecule has 4 aliphatic rings. The molecule has 0 spiro atoms. The molecule has 0 aromatic rings. The van der Waals surface area contributed by atoms with Crippen LogP contribution in [0.3, 0.4) is 0 Å². The van der Waals surface area contributed by atoms with Crippen molar-refractivity contribution in [2.24, 2.45) is 47.3 Å². The molecule has 0 aromatic carbocycles. The summed E-state index contributed by atoms with van der Waals surface area (Å²) in [4.78, 5) is 10.6. The maximum absolute atomic E-state index is 10.6. The van der Waals surface area contributed by atoms with Crippen molar-refractivity contribution < 1.29 is 4.79 Å². The first-order valence-electron chi connectivity index (χ1n) is 7.43. The molecule has 4 bridgehead atoms. The van der Waals surface area contributed by atoms with Gasteiger partial charge in [0.2, 0.25) is 0 Å². The van der Waals surface area contributed by atoms with Crippen LogP contribution in [0.15, 0.2) is 12.2 Å². The zero-order valence-corrected chi connectivity index (χ0v) is 10.6. The molecule has 3 fully saturated rings. The Morgan fingerprint density at radius 2 is 1.82 bits per heavy atom. The first-order chi connectivity index (χ1) is 8.31. The Labute approximate surface area is 104 Å². The van der Waals surface area contributed by atoms with Crippen molar-refractivity contribution in [3.63, 3.8) is 0 Å². The predicted octanol–water partition coefficient (Wildman–Crippen LogP) is 3.31. The third-order valence-corrected chi connectivity index (χ3v) is 6.63. The molecule has 4 rings (SSSR count). The molecule has 0 aliphatic heterocycles. The number of fused-ring (bicyclic) bond motifs is 9. The maximum Gasteiger partial charge on any atom is 0.120 e. The monoisotopic (exact) mass is 230 g/mol. The fraction of sp³-hybridized carbons (Fsp3) is 0.812. The largest absolute Gasteiger partial charge is 0.303 e. The van der Waals surface area contributed by atoms with Crippen LogP contribution in [0.1, 0.15) is 32.6 Å². The summed E-state index contributed by atoms with van der Waals surface area (Å²) in [5.74, 6) is 7.55. The molecule has 92 valence electrons. The van der Waals surface area contributed by atoms with Crippen LogP contribution in [-0.2, 0) is 4.79 Å². The topological polar surface area (TPSA) is 17.1 Å². The second-order valence-electron chi connectivity index (χ2n) is 6.93. The number of rotatable bonds is 3. The van der Waals surface area contributed by atoms with E-state index in [4.69, 9.17) is 0 Å². The minimum absolute atomic E-state index is 0.791. The summed E-state index contributed by atoms with van der Waals surface area (Å²) >= 11 is 0. The zero-order chi connectivity index (χ0) is 11.6. The van der Waals surface area contributed by atoms with Gasteiger partial charge in [0.1, 0.15) is 6.29 Å². The van der Waals surface area contributed by atoms with Crippen LogP contribution >= 0.6 is 0 Å². The summed E-state index contributed by atoms with van der Waals surface area (Å²) in [6.45, 7) is 2.46. The van der Waals surface area contributed by atoms with E-state index in [-0.39, 0.29) is 0 Å². The van der Waals surface area contributed by atoms with Gasteiger partial charge >= 0.3 is 0 Å². The first kappa shape index (κ1) is 10.3. The zero-order valence-electron chi connectivity index (χ0n) is 10.6. The molecule has 0 N–H and O–H groups in total. The molecule has 0 amide bonds. The van der Waals surface area contributed by atoms with E-state index >= 15 is 0 Å². The fourth-order valence-electron chi connectivity index (χ4n) is 6.20. The summed E-state index contributed by atoms with van der Waals surface area (Å²) in [5, 5.41) is 0. The minimum Gasteiger partial charge on any atom is -0.303 e. The lowest BCUT2D eigenvalue weighted by Crippen LogP contribution is -2.35. The Bertz CT molecular complexity index is 372. The van der Waals surface area contributed by atoms with E-state index in [0.29, 0.717) is 0 Å². The Kier molecular flexibility index (Phi) is 2.11. The number of hydrogen-bond acceptors (Lipinski definition) is 1. The Hall–Kier alpha value is -0.590. The summed E-state index contributed by atoms with van der Waals surface area (Å²) in [5.41, 5.74) is 0. The van der Waals surface area contributed by atoms with E-state index in [2.05, 4.69) is 19.1 Å². The lowest BCUT2D eigenvalue weighted by atomic mass is 9.64. The van der Waals surface area contributed by atoms with Gasteiger partial charge in [0.25, 0.3) is 0 Å². The molecule has 0 heterocycles. The van der Waals surface area contributed by atoms with Crippen molar-refractivity contribution in [1.29, 1.82) is 0 Å². The molecular weight excluding hydrogens is 208 g/mol. The molecule has 0 saturated heterocycles. The third kappa shape index (κ3) is 1.18. The van der Waals surface area contributed by atoms with Crippen LogP contribution < -0.4 is 0 Å². The van der Waals surface area contributed by atoms with Gasteiger partial charge in [-0.2, -0.15) is 0 Å². The van der Waals surface area contributed by atoms with Crippen molar-refractivity contribution in [1.82, 2.24) is 0 Å². The van der Waals surface area contributed by atoms with E-state index in [1.54, 1.807) is 0 Å². The third-order valence-electron chi connectivity index (χ3n) is 6.63. The SMILES string of the molecule is CC1C(CCC=O)C2CC1C1C3C=CC(C3)C21. The van der Waals surface area contributed by atoms with Crippen LogP contribution in [0.2, 0.25) is 0 Å². The molecule has 0 radical (unpaired) electrons. The highest BCUT2D eigenvalue weighted by Gasteiger charge is 2.62. The number of carbonyl (C=O) groups is 1. The molecular formula is C16H22O. The van der Waals surface area contributed by atoms with Crippen molar-refractivity contribution in [2.75, 3.05) is 0 Å². The average molecular weight is 230 g/mol. The van der Waals surface area contributed by atoms with Crippen molar-refractivity contribution in [3.8, 4) is 0 Å². The van der Waals surface area contributed by atoms with Gasteiger partial charge in [-0.05, 0) is 66.6 Å². The quantitative estimate of drug-likeness (QED) is 0.413. The van der Waals surface area contributed by atoms with Gasteiger partial charge in [0.05, 0.1) is 0 Å². The van der Waals surface area contributed by atoms with Gasteiger partial charge in [-0.15, -0.1) is 0 Å². The van der Waals surface area contributed by atoms with Gasteiger partial charge in [0.15, 0.2) is 0 Å². The van der Waals surface area contributed by atoms with E-state index in [1.807, 2.05) is 0 Å². The Morgan fingerprint density at radius 3 is 2.53 bits per heavy atom. The minimum atomic E-state index is 0.791. The summed E-state index contributed by atoms with van der Waals surface area (Å²) in [7, 11) is 0. The van der Waals surface area contributed by atoms with Crippen LogP contribution in [0.25, 0.3) is 0 Å². The van der Waals surface area contributed by atoms with E-state index in [9.17, 15) is 4.79 Å². The summed E-state index contributed by atoms with van der Waals surface area (Å²) in [6, 6.07) is 0. The van der Waals surface area contributed by atoms with Gasteiger partial charge in [0, 0.05) is 6.42 Å². The van der Waals surface area contributed by atoms with Gasteiger partial charge in [-0.25, -0.2) is 0 Å². The molecule has 8 atom stereocenters. The first-order valence-corrected chi connectivity index (χ1v) is 7.43. The van der Waals surface area contributed by atoms with Gasteiger partial charge in [-0.1, -0.05) is 19.1 Å². The summed E-state index contributed by atoms with van der Waals surface area (Å²) < 4.78 is 0. The standard InChI is InChI=1S/C16H22O/c1-9-12(3-2-6-17)14-8-13(9)15-10-4-5-11(7-10)16(14)15/h4-6,9-16H,2-3,7-8H2,1H3. The van der Waals surface area contributed by atoms with Crippen molar-refractivity contribution >= 4 is 6.29 Å². The lowest BCUT2D eigenvalue weighted by Gasteiger charge is -2.40. The van der Waals surface area contributed by atoms with Crippen LogP contribution in [0, 0.1) is 47.3 Å². The van der Waals surface area contributed by atoms with Gasteiger partial charge in [-0.3, -0.25) is 0 Å². The highest BCUT2D eigenvalue weighted by Crippen LogP contribution is 2.69. The van der Waals surface area contributed by atoms with Crippen LogP contribution in [0.5, 0.6) is 0 Å². The Balaban J connectivity index is 1.61. The highest BCUT2D eigenvalue weighted by molar-refractivity contribution is 5.49. The molecule has 3 saturated carbocycles. The van der Waals surface area contributed by atoms with Crippen LogP contribution in [0.4, 0.5) is 0 Å². The molecule has 4 aliphatic carbocycles. The normalized spacial score (nSPS) is 57.7. The second-order valence-corrected chi connectivity index (χ2v) is 6.93. The molecule has 1 nitrogen and oxygen atoms in total. The average Bonchev–Trinajstić information content (AvgIpc) is 3.04. The Morgan fingerprint density at radius 1 is 1.12 bits per heavy atom. The van der Waals surface area contributed by atoms with E-state index in [1.165, 1.54) is 12.8 Å². The predicted molar refractivity (Wildman–Crippen MR) is 67.3 cm³/mol. The molecule has 17 heavy (non-hydrogen) atoms. The smallest absolute Gasteiger partial charge is 0.120 e. The number of aldehydes is 1. The van der Waals surface area contributed by atoms with Gasteiger partial charge < -0.3 is 4.79 Å². The molecule has 1 heteroatoms. The number of allylic oxidation sites excluding steroid dienone is 2. The maximum atomic E-state index is 10.6. The molecule has 8 unspecified atom stereocenters. The van der Waals surface area contributed by atoms with E-state index in [0.717, 1.165) is 66.5 Å². The highest BCUT2D eigenvalue weighted by atomic mass is 16.1. The van der Waals surface area contributed by atoms with Crippen LogP contribution in [-0.4, -0.2) is 6.29 Å². The lowest BCUT2D eigenvalue weighted by molar-refractivity contribution is -0.108. The van der Waals surface area contributed by atoms with E-state index < -0.39 is 0 Å². The summed E-state index contributed by atoms with van der Waals surface area (Å²) in [6.07, 6.45) is 11.0. The van der Waals surface area contributed by atoms with Crippen molar-refractivity contribution in [3.05, 3.63) is 12.2 Å². The number of carbonyl (C=O) groups excluding carboxylic acids is 1. The second kappa shape index (κ2) is 3.46. The molecule has 0 aromatic heterocycles. The van der Waals surface area contributed by atoms with Crippen molar-refractivity contribution in [2.45, 2.75) is 32.6 Å². The number of hydrogen-bond donors (Lipinski definition) is 0.